The monoisotopic (exact) mass is 423 g/mol. The summed E-state index contributed by atoms with van der Waals surface area (Å²) in [5.74, 6) is 0.926. The topological polar surface area (TPSA) is 76.7 Å². The van der Waals surface area contributed by atoms with Gasteiger partial charge in [-0.15, -0.1) is 0 Å². The average Bonchev–Trinajstić information content (AvgIpc) is 2.84. The van der Waals surface area contributed by atoms with Crippen molar-refractivity contribution in [3.05, 3.63) is 61.0 Å². The molecule has 0 aromatic carbocycles. The summed E-state index contributed by atoms with van der Waals surface area (Å²) in [5.41, 5.74) is 0.922. The van der Waals surface area contributed by atoms with Crippen LogP contribution in [0.3, 0.4) is 0 Å². The maximum Gasteiger partial charge on any atom is 0.168 e. The Bertz CT molecular complexity index is 826. The summed E-state index contributed by atoms with van der Waals surface area (Å²) in [4.78, 5) is 20.4. The van der Waals surface area contributed by atoms with E-state index in [-0.39, 0.29) is 0 Å². The quantitative estimate of drug-likeness (QED) is 0.667. The van der Waals surface area contributed by atoms with Crippen LogP contribution in [0.4, 0.5) is 0 Å². The first-order valence-electron chi connectivity index (χ1n) is 10.1. The molecule has 0 radical (unpaired) electrons. The minimum atomic E-state index is 0.372. The molecule has 1 saturated heterocycles. The van der Waals surface area contributed by atoms with Gasteiger partial charge in [-0.2, -0.15) is 0 Å². The molecule has 0 aromatic heterocycles. The Kier molecular flexibility index (Phi) is 9.02. The van der Waals surface area contributed by atoms with E-state index in [0.29, 0.717) is 24.0 Å². The Morgan fingerprint density at radius 1 is 1.37 bits per heavy atom. The van der Waals surface area contributed by atoms with Crippen LogP contribution in [0.2, 0.25) is 0 Å². The molecule has 0 aliphatic carbocycles. The van der Waals surface area contributed by atoms with Gasteiger partial charge in [0.25, 0.3) is 0 Å². The maximum absolute atomic E-state index is 4.65. The van der Waals surface area contributed by atoms with E-state index >= 15 is 0 Å². The molecule has 1 atom stereocenters. The summed E-state index contributed by atoms with van der Waals surface area (Å²) in [5, 5.41) is 8.26. The van der Waals surface area contributed by atoms with E-state index in [2.05, 4.69) is 54.7 Å². The van der Waals surface area contributed by atoms with Crippen molar-refractivity contribution in [2.45, 2.75) is 18.9 Å². The van der Waals surface area contributed by atoms with Crippen molar-refractivity contribution in [3.8, 4) is 0 Å². The molecule has 0 saturated carbocycles. The second kappa shape index (κ2) is 12.2. The lowest BCUT2D eigenvalue weighted by Gasteiger charge is -2.34. The van der Waals surface area contributed by atoms with Crippen LogP contribution in [0, 0.1) is 0 Å². The lowest BCUT2D eigenvalue weighted by Crippen LogP contribution is -2.49. The molecule has 0 spiro atoms. The highest BCUT2D eigenvalue weighted by Crippen LogP contribution is 2.19. The summed E-state index contributed by atoms with van der Waals surface area (Å²) in [6.07, 6.45) is 16.6. The fourth-order valence-corrected chi connectivity index (χ4v) is 3.93. The largest absolute Gasteiger partial charge is 0.323 e. The van der Waals surface area contributed by atoms with Crippen molar-refractivity contribution in [2.24, 2.45) is 20.0 Å². The Morgan fingerprint density at radius 2 is 2.23 bits per heavy atom. The number of allylic oxidation sites excluding steroid dienone is 3. The number of nitrogens with zero attached hydrogens (tertiary/aromatic N) is 5. The normalized spacial score (nSPS) is 23.5. The van der Waals surface area contributed by atoms with Crippen LogP contribution in [0.1, 0.15) is 12.8 Å². The fraction of sp³-hybridized carbons (Fsp3) is 0.364. The molecule has 8 heteroatoms. The predicted molar refractivity (Wildman–Crippen MR) is 131 cm³/mol. The number of aliphatic imine (C=N–C) groups is 4. The number of hydrogen-bond donors (Lipinski definition) is 2. The molecule has 1 fully saturated rings. The number of hydrogen-bond acceptors (Lipinski definition) is 8. The first-order chi connectivity index (χ1) is 14.7. The van der Waals surface area contributed by atoms with Gasteiger partial charge in [-0.05, 0) is 23.9 Å². The highest BCUT2D eigenvalue weighted by Gasteiger charge is 2.22. The third-order valence-corrected chi connectivity index (χ3v) is 5.41. The molecule has 30 heavy (non-hydrogen) atoms. The van der Waals surface area contributed by atoms with Crippen molar-refractivity contribution < 1.29 is 0 Å². The fourth-order valence-electron chi connectivity index (χ4n) is 3.23. The van der Waals surface area contributed by atoms with Gasteiger partial charge in [-0.1, -0.05) is 31.4 Å². The maximum atomic E-state index is 4.65. The van der Waals surface area contributed by atoms with E-state index in [1.807, 2.05) is 24.4 Å². The van der Waals surface area contributed by atoms with Crippen molar-refractivity contribution in [3.63, 3.8) is 0 Å². The minimum Gasteiger partial charge on any atom is -0.323 e. The molecule has 0 amide bonds. The summed E-state index contributed by atoms with van der Waals surface area (Å²) < 4.78 is 0. The lowest BCUT2D eigenvalue weighted by atomic mass is 10.1. The molecule has 158 valence electrons. The number of rotatable bonds is 5. The molecule has 3 aliphatic rings. The highest BCUT2D eigenvalue weighted by atomic mass is 32.2. The molecule has 0 bridgehead atoms. The zero-order valence-electron chi connectivity index (χ0n) is 17.2. The molecular formula is C22H29N7S. The van der Waals surface area contributed by atoms with E-state index in [0.717, 1.165) is 49.3 Å². The Morgan fingerprint density at radius 3 is 3.07 bits per heavy atom. The first-order valence-corrected chi connectivity index (χ1v) is 11.0. The van der Waals surface area contributed by atoms with Crippen molar-refractivity contribution in [2.75, 3.05) is 32.7 Å². The summed E-state index contributed by atoms with van der Waals surface area (Å²) in [6, 6.07) is 0.372. The van der Waals surface area contributed by atoms with E-state index in [1.54, 1.807) is 18.5 Å². The van der Waals surface area contributed by atoms with Gasteiger partial charge >= 0.3 is 0 Å². The number of piperazine rings is 1. The van der Waals surface area contributed by atoms with Crippen LogP contribution < -0.4 is 10.6 Å². The van der Waals surface area contributed by atoms with Crippen molar-refractivity contribution >= 4 is 34.7 Å². The highest BCUT2D eigenvalue weighted by molar-refractivity contribution is 8.17. The Labute approximate surface area is 183 Å². The minimum absolute atomic E-state index is 0.372. The first kappa shape index (κ1) is 22.1. The van der Waals surface area contributed by atoms with E-state index in [9.17, 15) is 0 Å². The van der Waals surface area contributed by atoms with Gasteiger partial charge in [0, 0.05) is 69.4 Å². The molecule has 7 nitrogen and oxygen atoms in total. The van der Waals surface area contributed by atoms with E-state index < -0.39 is 0 Å². The smallest absolute Gasteiger partial charge is 0.168 e. The second-order valence-corrected chi connectivity index (χ2v) is 7.93. The number of nitrogens with one attached hydrogen (secondary N) is 2. The molecule has 0 aromatic rings. The van der Waals surface area contributed by atoms with Crippen LogP contribution in [-0.4, -0.2) is 66.6 Å². The predicted octanol–water partition coefficient (Wildman–Crippen LogP) is 2.90. The SMILES string of the molecule is C=CC=N/C=C\CC1=NC(=C)SC(NC2=NC=CC(N3CCNCC3)C2)=NCC=C1. The van der Waals surface area contributed by atoms with Gasteiger partial charge < -0.3 is 10.6 Å². The molecule has 3 aliphatic heterocycles. The van der Waals surface area contributed by atoms with Crippen LogP contribution in [0.5, 0.6) is 0 Å². The number of thioether (sulfide) groups is 1. The molecular weight excluding hydrogens is 394 g/mol. The van der Waals surface area contributed by atoms with Gasteiger partial charge in [0.1, 0.15) is 5.84 Å². The molecule has 3 rings (SSSR count). The van der Waals surface area contributed by atoms with E-state index in [4.69, 9.17) is 0 Å². The molecule has 2 N–H and O–H groups in total. The van der Waals surface area contributed by atoms with Crippen LogP contribution in [0.15, 0.2) is 80.9 Å². The zero-order valence-corrected chi connectivity index (χ0v) is 18.0. The summed E-state index contributed by atoms with van der Waals surface area (Å²) in [6.45, 7) is 12.4. The Balaban J connectivity index is 1.57. The van der Waals surface area contributed by atoms with Gasteiger partial charge in [0.2, 0.25) is 0 Å². The molecule has 1 unspecified atom stereocenters. The van der Waals surface area contributed by atoms with Crippen LogP contribution >= 0.6 is 11.8 Å². The van der Waals surface area contributed by atoms with Crippen molar-refractivity contribution in [1.29, 1.82) is 0 Å². The third-order valence-electron chi connectivity index (χ3n) is 4.66. The standard InChI is InChI=1S/C22H29N7S/c1-3-9-23-10-4-6-19-7-5-11-26-22(30-18(2)27-19)28-21-17-20(8-12-25-21)29-15-13-24-14-16-29/h3-5,7-10,12,20,24H,1-2,6,11,13-17H2,(H,25,26,28)/b7-5?,10-4-,23-9?,27-19?. The second-order valence-electron chi connectivity index (χ2n) is 6.87. The van der Waals surface area contributed by atoms with Gasteiger partial charge in [-0.25, -0.2) is 9.98 Å². The van der Waals surface area contributed by atoms with Crippen LogP contribution in [0.25, 0.3) is 0 Å². The lowest BCUT2D eigenvalue weighted by molar-refractivity contribution is 0.204. The van der Waals surface area contributed by atoms with Gasteiger partial charge in [0.05, 0.1) is 11.6 Å². The van der Waals surface area contributed by atoms with Crippen LogP contribution in [-0.2, 0) is 0 Å². The third kappa shape index (κ3) is 7.37. The van der Waals surface area contributed by atoms with Crippen molar-refractivity contribution in [1.82, 2.24) is 15.5 Å². The van der Waals surface area contributed by atoms with Gasteiger partial charge in [0.15, 0.2) is 5.17 Å². The average molecular weight is 424 g/mol. The summed E-state index contributed by atoms with van der Waals surface area (Å²) in [7, 11) is 0. The zero-order chi connectivity index (χ0) is 21.0. The van der Waals surface area contributed by atoms with E-state index in [1.165, 1.54) is 11.8 Å². The molecule has 3 heterocycles. The van der Waals surface area contributed by atoms with Gasteiger partial charge in [-0.3, -0.25) is 14.9 Å². The summed E-state index contributed by atoms with van der Waals surface area (Å²) >= 11 is 1.44. The number of amidine groups is 2. The Hall–Kier alpha value is -2.55.